The molecule has 2 fully saturated rings. The Morgan fingerprint density at radius 2 is 2.00 bits per heavy atom. The fraction of sp³-hybridized carbons (Fsp3) is 0.714. The normalized spacial score (nSPS) is 34.7. The largest absolute Gasteiger partial charge is 0.493 e. The van der Waals surface area contributed by atoms with Crippen molar-refractivity contribution in [2.24, 2.45) is 22.4 Å². The Hall–Kier alpha value is -1.31. The summed E-state index contributed by atoms with van der Waals surface area (Å²) >= 11 is 0. The Morgan fingerprint density at radius 1 is 1.21 bits per heavy atom. The van der Waals surface area contributed by atoms with E-state index in [0.29, 0.717) is 23.5 Å². The van der Waals surface area contributed by atoms with Crippen molar-refractivity contribution in [2.75, 3.05) is 7.11 Å². The predicted molar refractivity (Wildman–Crippen MR) is 107 cm³/mol. The Bertz CT molecular complexity index is 855. The van der Waals surface area contributed by atoms with Gasteiger partial charge in [0.2, 0.25) is 0 Å². The smallest absolute Gasteiger partial charge is 0.380 e. The number of methoxy groups -OCH3 is 1. The number of benzene rings is 1. The van der Waals surface area contributed by atoms with Gasteiger partial charge in [-0.1, -0.05) is 13.3 Å². The molecule has 0 aliphatic heterocycles. The van der Waals surface area contributed by atoms with E-state index in [1.807, 2.05) is 6.07 Å². The van der Waals surface area contributed by atoms with Gasteiger partial charge in [0.1, 0.15) is 0 Å². The van der Waals surface area contributed by atoms with Gasteiger partial charge < -0.3 is 14.0 Å². The van der Waals surface area contributed by atoms with E-state index < -0.39 is 10.3 Å². The highest BCUT2D eigenvalue weighted by molar-refractivity contribution is 7.84. The van der Waals surface area contributed by atoms with Crippen LogP contribution in [0.1, 0.15) is 68.9 Å². The fourth-order valence-corrected chi connectivity index (χ4v) is 6.96. The van der Waals surface area contributed by atoms with Crippen LogP contribution in [0.4, 0.5) is 0 Å². The van der Waals surface area contributed by atoms with Gasteiger partial charge in [-0.25, -0.2) is 0 Å². The number of aryl methyl sites for hydroxylation is 1. The van der Waals surface area contributed by atoms with Gasteiger partial charge in [0.25, 0.3) is 0 Å². The van der Waals surface area contributed by atoms with E-state index in [0.717, 1.165) is 50.5 Å². The van der Waals surface area contributed by atoms with Crippen LogP contribution in [0.25, 0.3) is 0 Å². The number of aliphatic hydroxyl groups is 1. The van der Waals surface area contributed by atoms with Gasteiger partial charge in [-0.05, 0) is 91.4 Å². The average Bonchev–Trinajstić information content (AvgIpc) is 2.66. The van der Waals surface area contributed by atoms with Crippen LogP contribution in [0.2, 0.25) is 0 Å². The van der Waals surface area contributed by atoms with Crippen molar-refractivity contribution >= 4 is 10.3 Å². The molecule has 0 spiro atoms. The molecular formula is C21H31NO5S. The van der Waals surface area contributed by atoms with E-state index in [1.54, 1.807) is 6.07 Å². The lowest BCUT2D eigenvalue weighted by atomic mass is 9.48. The van der Waals surface area contributed by atoms with E-state index in [9.17, 15) is 13.5 Å². The summed E-state index contributed by atoms with van der Waals surface area (Å²) in [6.07, 6.45) is 8.15. The van der Waals surface area contributed by atoms with Crippen LogP contribution in [0, 0.1) is 17.3 Å². The molecule has 28 heavy (non-hydrogen) atoms. The summed E-state index contributed by atoms with van der Waals surface area (Å²) in [6, 6.07) is 3.73. The highest BCUT2D eigenvalue weighted by Crippen LogP contribution is 2.61. The summed E-state index contributed by atoms with van der Waals surface area (Å²) in [7, 11) is -2.59. The first-order valence-corrected chi connectivity index (χ1v) is 11.9. The molecule has 0 bridgehead atoms. The highest BCUT2D eigenvalue weighted by Gasteiger charge is 2.54. The summed E-state index contributed by atoms with van der Waals surface area (Å²) in [4.78, 5) is 0. The first-order valence-electron chi connectivity index (χ1n) is 10.4. The SMILES string of the molecule is CC[C@]12CC[C@@H]3c4cc(OC)c(OS(N)(=O)=O)cc4CC[C@H]3[C@@H]1CCCC2O. The molecule has 7 heteroatoms. The third-order valence-electron chi connectivity index (χ3n) is 7.79. The van der Waals surface area contributed by atoms with Gasteiger partial charge in [0, 0.05) is 0 Å². The maximum Gasteiger partial charge on any atom is 0.380 e. The molecule has 1 unspecified atom stereocenters. The molecular weight excluding hydrogens is 378 g/mol. The van der Waals surface area contributed by atoms with Crippen LogP contribution in [-0.4, -0.2) is 26.7 Å². The van der Waals surface area contributed by atoms with Gasteiger partial charge >= 0.3 is 10.3 Å². The molecule has 3 aliphatic rings. The summed E-state index contributed by atoms with van der Waals surface area (Å²) < 4.78 is 33.2. The average molecular weight is 410 g/mol. The van der Waals surface area contributed by atoms with Crippen LogP contribution < -0.4 is 14.1 Å². The zero-order valence-electron chi connectivity index (χ0n) is 16.7. The zero-order chi connectivity index (χ0) is 20.1. The molecule has 0 radical (unpaired) electrons. The fourth-order valence-electron chi connectivity index (χ4n) is 6.58. The summed E-state index contributed by atoms with van der Waals surface area (Å²) in [5.41, 5.74) is 2.44. The molecule has 3 aliphatic carbocycles. The molecule has 156 valence electrons. The maximum atomic E-state index is 11.4. The van der Waals surface area contributed by atoms with E-state index >= 15 is 0 Å². The minimum absolute atomic E-state index is 0.0671. The van der Waals surface area contributed by atoms with E-state index in [4.69, 9.17) is 14.1 Å². The van der Waals surface area contributed by atoms with Gasteiger partial charge in [-0.15, -0.1) is 0 Å². The van der Waals surface area contributed by atoms with Crippen LogP contribution in [0.15, 0.2) is 12.1 Å². The molecule has 0 heterocycles. The second-order valence-corrected chi connectivity index (χ2v) is 9.92. The topological polar surface area (TPSA) is 98.9 Å². The molecule has 3 N–H and O–H groups in total. The first kappa shape index (κ1) is 20.0. The molecule has 6 nitrogen and oxygen atoms in total. The standard InChI is InChI=1S/C21H31NO5S/c1-3-21-10-9-14-15(17(21)5-4-6-20(21)23)8-7-13-11-19(27-28(22,24)25)18(26-2)12-16(13)14/h11-12,14-15,17,20,23H,3-10H2,1-2H3,(H2,22,24,25)/t14-,15+,17-,20?,21-/m0/s1. The minimum atomic E-state index is -4.10. The summed E-state index contributed by atoms with van der Waals surface area (Å²) in [5.74, 6) is 2.11. The van der Waals surface area contributed by atoms with Crippen molar-refractivity contribution in [3.8, 4) is 11.5 Å². The van der Waals surface area contributed by atoms with Crippen molar-refractivity contribution < 1.29 is 22.4 Å². The van der Waals surface area contributed by atoms with Crippen molar-refractivity contribution in [1.82, 2.24) is 0 Å². The molecule has 4 rings (SSSR count). The van der Waals surface area contributed by atoms with E-state index in [1.165, 1.54) is 19.1 Å². The third-order valence-corrected chi connectivity index (χ3v) is 8.20. The Morgan fingerprint density at radius 3 is 2.68 bits per heavy atom. The second kappa shape index (κ2) is 7.18. The predicted octanol–water partition coefficient (Wildman–Crippen LogP) is 3.27. The minimum Gasteiger partial charge on any atom is -0.493 e. The van der Waals surface area contributed by atoms with Crippen LogP contribution in [0.3, 0.4) is 0 Å². The van der Waals surface area contributed by atoms with Crippen LogP contribution in [0.5, 0.6) is 11.5 Å². The summed E-state index contributed by atoms with van der Waals surface area (Å²) in [5, 5.41) is 15.9. The number of aliphatic hydroxyl groups excluding tert-OH is 1. The van der Waals surface area contributed by atoms with E-state index in [-0.39, 0.29) is 17.3 Å². The van der Waals surface area contributed by atoms with Crippen molar-refractivity contribution in [2.45, 2.75) is 70.3 Å². The number of rotatable bonds is 4. The maximum absolute atomic E-state index is 11.4. The Kier molecular flexibility index (Phi) is 5.13. The highest BCUT2D eigenvalue weighted by atomic mass is 32.2. The molecule has 2 saturated carbocycles. The van der Waals surface area contributed by atoms with E-state index in [2.05, 4.69) is 6.92 Å². The van der Waals surface area contributed by atoms with Crippen molar-refractivity contribution in [3.63, 3.8) is 0 Å². The lowest BCUT2D eigenvalue weighted by Crippen LogP contribution is -2.52. The molecule has 0 saturated heterocycles. The quantitative estimate of drug-likeness (QED) is 0.795. The van der Waals surface area contributed by atoms with Crippen LogP contribution >= 0.6 is 0 Å². The zero-order valence-corrected chi connectivity index (χ0v) is 17.5. The molecule has 0 aromatic heterocycles. The third kappa shape index (κ3) is 3.21. The van der Waals surface area contributed by atoms with Crippen LogP contribution in [-0.2, 0) is 16.7 Å². The van der Waals surface area contributed by atoms with Crippen molar-refractivity contribution in [3.05, 3.63) is 23.3 Å². The number of nitrogens with two attached hydrogens (primary N) is 1. The van der Waals surface area contributed by atoms with Gasteiger partial charge in [-0.3, -0.25) is 0 Å². The first-order chi connectivity index (χ1) is 13.3. The Labute approximate surface area is 167 Å². The summed E-state index contributed by atoms with van der Waals surface area (Å²) in [6.45, 7) is 2.23. The Balaban J connectivity index is 1.71. The number of hydrogen-bond acceptors (Lipinski definition) is 5. The number of ether oxygens (including phenoxy) is 1. The van der Waals surface area contributed by atoms with Crippen molar-refractivity contribution in [1.29, 1.82) is 0 Å². The lowest BCUT2D eigenvalue weighted by molar-refractivity contribution is -0.112. The lowest BCUT2D eigenvalue weighted by Gasteiger charge is -2.57. The molecule has 1 aromatic rings. The van der Waals surface area contributed by atoms with Gasteiger partial charge in [0.15, 0.2) is 11.5 Å². The molecule has 0 amide bonds. The molecule has 1 aromatic carbocycles. The van der Waals surface area contributed by atoms with Gasteiger partial charge in [-0.2, -0.15) is 13.6 Å². The number of fused-ring (bicyclic) bond motifs is 5. The van der Waals surface area contributed by atoms with Gasteiger partial charge in [0.05, 0.1) is 13.2 Å². The molecule has 5 atom stereocenters. The second-order valence-electron chi connectivity index (χ2n) is 8.77. The monoisotopic (exact) mass is 409 g/mol. The number of hydrogen-bond donors (Lipinski definition) is 2.